The van der Waals surface area contributed by atoms with Gasteiger partial charge in [0.15, 0.2) is 0 Å². The van der Waals surface area contributed by atoms with Crippen molar-refractivity contribution < 1.29 is 8.42 Å². The smallest absolute Gasteiger partial charge is 0.148 e. The van der Waals surface area contributed by atoms with Crippen molar-refractivity contribution in [2.45, 2.75) is 19.4 Å². The summed E-state index contributed by atoms with van der Waals surface area (Å²) in [5.41, 5.74) is -0.426. The predicted molar refractivity (Wildman–Crippen MR) is 50.6 cm³/mol. The van der Waals surface area contributed by atoms with Crippen molar-refractivity contribution in [1.82, 2.24) is 5.32 Å². The van der Waals surface area contributed by atoms with Gasteiger partial charge in [-0.2, -0.15) is 0 Å². The molecule has 0 unspecified atom stereocenters. The van der Waals surface area contributed by atoms with Crippen LogP contribution in [-0.4, -0.2) is 32.5 Å². The van der Waals surface area contributed by atoms with Crippen LogP contribution < -0.4 is 5.32 Å². The lowest BCUT2D eigenvalue weighted by Crippen LogP contribution is -2.40. The van der Waals surface area contributed by atoms with Crippen molar-refractivity contribution in [3.05, 3.63) is 0 Å². The van der Waals surface area contributed by atoms with Gasteiger partial charge in [0.2, 0.25) is 0 Å². The third kappa shape index (κ3) is 6.20. The molecule has 0 spiro atoms. The highest BCUT2D eigenvalue weighted by molar-refractivity contribution is 7.90. The summed E-state index contributed by atoms with van der Waals surface area (Å²) >= 11 is 0. The molecule has 0 rings (SSSR count). The molecule has 4 heteroatoms. The van der Waals surface area contributed by atoms with Crippen LogP contribution in [0.2, 0.25) is 0 Å². The van der Waals surface area contributed by atoms with Crippen LogP contribution in [0.4, 0.5) is 0 Å². The van der Waals surface area contributed by atoms with Crippen LogP contribution in [0.3, 0.4) is 0 Å². The first-order valence-electron chi connectivity index (χ1n) is 3.67. The van der Waals surface area contributed by atoms with E-state index < -0.39 is 15.4 Å². The van der Waals surface area contributed by atoms with Gasteiger partial charge in [-0.1, -0.05) is 5.92 Å². The molecule has 1 N–H and O–H groups in total. The predicted octanol–water partition coefficient (Wildman–Crippen LogP) is 0.0324. The van der Waals surface area contributed by atoms with Gasteiger partial charge in [-0.15, -0.1) is 6.42 Å². The molecular weight excluding hydrogens is 174 g/mol. The first kappa shape index (κ1) is 11.5. The maximum atomic E-state index is 10.7. The standard InChI is InChI=1S/C8H15NO2S/c1-5-8(2,3)9-6-7-12(4,10)11/h1,9H,6-7H2,2-4H3. The van der Waals surface area contributed by atoms with E-state index in [0.29, 0.717) is 6.54 Å². The van der Waals surface area contributed by atoms with E-state index in [4.69, 9.17) is 6.42 Å². The number of terminal acetylenes is 1. The quantitative estimate of drug-likeness (QED) is 0.635. The highest BCUT2D eigenvalue weighted by atomic mass is 32.2. The van der Waals surface area contributed by atoms with Gasteiger partial charge in [0.1, 0.15) is 9.84 Å². The lowest BCUT2D eigenvalue weighted by molar-refractivity contribution is 0.506. The molecule has 0 saturated carbocycles. The molecule has 0 radical (unpaired) electrons. The molecule has 70 valence electrons. The lowest BCUT2D eigenvalue weighted by Gasteiger charge is -2.18. The summed E-state index contributed by atoms with van der Waals surface area (Å²) in [6.45, 7) is 4.06. The van der Waals surface area contributed by atoms with Crippen LogP contribution in [0.5, 0.6) is 0 Å². The van der Waals surface area contributed by atoms with Gasteiger partial charge in [0.05, 0.1) is 11.3 Å². The fourth-order valence-electron chi connectivity index (χ4n) is 0.600. The molecule has 0 heterocycles. The van der Waals surface area contributed by atoms with Gasteiger partial charge in [-0.05, 0) is 13.8 Å². The number of sulfone groups is 1. The molecule has 0 saturated heterocycles. The number of hydrogen-bond acceptors (Lipinski definition) is 3. The van der Waals surface area contributed by atoms with Crippen molar-refractivity contribution in [2.24, 2.45) is 0 Å². The average molecular weight is 189 g/mol. The van der Waals surface area contributed by atoms with Crippen molar-refractivity contribution in [2.75, 3.05) is 18.6 Å². The first-order valence-corrected chi connectivity index (χ1v) is 5.73. The minimum Gasteiger partial charge on any atom is -0.301 e. The van der Waals surface area contributed by atoms with Gasteiger partial charge in [-0.3, -0.25) is 0 Å². The zero-order valence-corrected chi connectivity index (χ0v) is 8.53. The van der Waals surface area contributed by atoms with Crippen LogP contribution in [0.1, 0.15) is 13.8 Å². The Morgan fingerprint density at radius 2 is 2.00 bits per heavy atom. The average Bonchev–Trinajstić information content (AvgIpc) is 1.84. The molecule has 0 fully saturated rings. The van der Waals surface area contributed by atoms with Crippen molar-refractivity contribution in [3.8, 4) is 12.3 Å². The molecule has 12 heavy (non-hydrogen) atoms. The zero-order chi connectivity index (χ0) is 9.83. The third-order valence-corrected chi connectivity index (χ3v) is 2.35. The summed E-state index contributed by atoms with van der Waals surface area (Å²) in [4.78, 5) is 0. The molecular formula is C8H15NO2S. The summed E-state index contributed by atoms with van der Waals surface area (Å²) in [5, 5.41) is 2.95. The molecule has 0 bridgehead atoms. The van der Waals surface area contributed by atoms with Crippen LogP contribution in [0.25, 0.3) is 0 Å². The molecule has 0 amide bonds. The van der Waals surface area contributed by atoms with E-state index in [-0.39, 0.29) is 5.75 Å². The second-order valence-corrected chi connectivity index (χ2v) is 5.59. The normalized spacial score (nSPS) is 12.5. The van der Waals surface area contributed by atoms with Crippen molar-refractivity contribution >= 4 is 9.84 Å². The lowest BCUT2D eigenvalue weighted by atomic mass is 10.1. The monoisotopic (exact) mass is 189 g/mol. The minimum atomic E-state index is -2.89. The van der Waals surface area contributed by atoms with Gasteiger partial charge < -0.3 is 5.32 Å². The number of rotatable bonds is 4. The van der Waals surface area contributed by atoms with Gasteiger partial charge in [0, 0.05) is 12.8 Å². The molecule has 3 nitrogen and oxygen atoms in total. The zero-order valence-electron chi connectivity index (χ0n) is 7.72. The Labute approximate surface area is 74.5 Å². The van der Waals surface area contributed by atoms with E-state index >= 15 is 0 Å². The van der Waals surface area contributed by atoms with Crippen LogP contribution >= 0.6 is 0 Å². The minimum absolute atomic E-state index is 0.123. The second kappa shape index (κ2) is 3.92. The van der Waals surface area contributed by atoms with Crippen LogP contribution in [-0.2, 0) is 9.84 Å². The number of nitrogens with one attached hydrogen (secondary N) is 1. The Bertz CT molecular complexity index is 272. The third-order valence-electron chi connectivity index (χ3n) is 1.40. The van der Waals surface area contributed by atoms with E-state index in [2.05, 4.69) is 11.2 Å². The Kier molecular flexibility index (Phi) is 3.75. The molecule has 0 aliphatic heterocycles. The van der Waals surface area contributed by atoms with Gasteiger partial charge in [-0.25, -0.2) is 8.42 Å². The fourth-order valence-corrected chi connectivity index (χ4v) is 1.07. The molecule has 0 aromatic rings. The maximum absolute atomic E-state index is 10.7. The number of hydrogen-bond donors (Lipinski definition) is 1. The topological polar surface area (TPSA) is 46.2 Å². The fraction of sp³-hybridized carbons (Fsp3) is 0.750. The van der Waals surface area contributed by atoms with E-state index in [9.17, 15) is 8.42 Å². The summed E-state index contributed by atoms with van der Waals surface area (Å²) < 4.78 is 21.4. The Morgan fingerprint density at radius 3 is 2.33 bits per heavy atom. The summed E-state index contributed by atoms with van der Waals surface area (Å²) in [6, 6.07) is 0. The summed E-state index contributed by atoms with van der Waals surface area (Å²) in [5.74, 6) is 2.64. The van der Waals surface area contributed by atoms with Crippen molar-refractivity contribution in [1.29, 1.82) is 0 Å². The Hall–Kier alpha value is -0.530. The summed E-state index contributed by atoms with van der Waals surface area (Å²) in [7, 11) is -2.89. The Balaban J connectivity index is 3.82. The summed E-state index contributed by atoms with van der Waals surface area (Å²) in [6.07, 6.45) is 6.40. The highest BCUT2D eigenvalue weighted by Crippen LogP contribution is 1.97. The first-order chi connectivity index (χ1) is 5.27. The van der Waals surface area contributed by atoms with Gasteiger partial charge in [0.25, 0.3) is 0 Å². The highest BCUT2D eigenvalue weighted by Gasteiger charge is 2.12. The molecule has 0 aliphatic carbocycles. The molecule has 0 atom stereocenters. The second-order valence-electron chi connectivity index (χ2n) is 3.33. The van der Waals surface area contributed by atoms with E-state index in [1.165, 1.54) is 6.26 Å². The van der Waals surface area contributed by atoms with Crippen molar-refractivity contribution in [3.63, 3.8) is 0 Å². The van der Waals surface area contributed by atoms with E-state index in [0.717, 1.165) is 0 Å². The van der Waals surface area contributed by atoms with Crippen LogP contribution in [0.15, 0.2) is 0 Å². The maximum Gasteiger partial charge on any atom is 0.148 e. The van der Waals surface area contributed by atoms with E-state index in [1.54, 1.807) is 0 Å². The largest absolute Gasteiger partial charge is 0.301 e. The van der Waals surface area contributed by atoms with Gasteiger partial charge >= 0.3 is 0 Å². The molecule has 0 aliphatic rings. The molecule has 0 aromatic carbocycles. The Morgan fingerprint density at radius 1 is 1.50 bits per heavy atom. The molecule has 0 aromatic heterocycles. The van der Waals surface area contributed by atoms with E-state index in [1.807, 2.05) is 13.8 Å². The van der Waals surface area contributed by atoms with Crippen LogP contribution in [0, 0.1) is 12.3 Å². The SMILES string of the molecule is C#CC(C)(C)NCCS(C)(=O)=O.